The number of fused-ring (bicyclic) bond motifs is 5. The maximum atomic E-state index is 12.9. The van der Waals surface area contributed by atoms with Crippen LogP contribution in [0.2, 0.25) is 0 Å². The zero-order chi connectivity index (χ0) is 20.8. The van der Waals surface area contributed by atoms with Gasteiger partial charge in [-0.25, -0.2) is 0 Å². The van der Waals surface area contributed by atoms with E-state index in [1.165, 1.54) is 6.92 Å². The molecule has 2 atom stereocenters. The van der Waals surface area contributed by atoms with E-state index in [0.717, 1.165) is 0 Å². The molecule has 2 aliphatic rings. The molecule has 8 heteroatoms. The Kier molecular flexibility index (Phi) is 4.72. The molecule has 2 aromatic carbocycles. The van der Waals surface area contributed by atoms with Crippen molar-refractivity contribution in [3.8, 4) is 11.5 Å². The van der Waals surface area contributed by atoms with E-state index < -0.39 is 24.2 Å². The van der Waals surface area contributed by atoms with Gasteiger partial charge in [0.2, 0.25) is 0 Å². The molecule has 2 unspecified atom stereocenters. The summed E-state index contributed by atoms with van der Waals surface area (Å²) >= 11 is 0. The first-order valence-corrected chi connectivity index (χ1v) is 9.32. The number of anilines is 1. The first-order valence-electron chi connectivity index (χ1n) is 9.32. The van der Waals surface area contributed by atoms with E-state index in [1.807, 2.05) is 4.90 Å². The number of hydrogen-bond donors (Lipinski definition) is 1. The fraction of sp³-hybridized carbons (Fsp3) is 0.333. The zero-order valence-electron chi connectivity index (χ0n) is 15.6. The van der Waals surface area contributed by atoms with Crippen LogP contribution < -0.4 is 15.0 Å². The maximum Gasteiger partial charge on any atom is 0.471 e. The summed E-state index contributed by atoms with van der Waals surface area (Å²) in [7, 11) is 0. The summed E-state index contributed by atoms with van der Waals surface area (Å²) in [4.78, 5) is 25.8. The summed E-state index contributed by atoms with van der Waals surface area (Å²) in [5, 5.41) is 2.16. The predicted octanol–water partition coefficient (Wildman–Crippen LogP) is 4.38. The van der Waals surface area contributed by atoms with Crippen LogP contribution >= 0.6 is 0 Å². The molecule has 1 fully saturated rings. The first kappa shape index (κ1) is 19.3. The monoisotopic (exact) mass is 404 g/mol. The number of nitrogens with zero attached hydrogens (tertiary/aromatic N) is 1. The lowest BCUT2D eigenvalue weighted by Gasteiger charge is -2.43. The molecule has 0 aliphatic carbocycles. The van der Waals surface area contributed by atoms with Gasteiger partial charge in [-0.2, -0.15) is 13.2 Å². The van der Waals surface area contributed by atoms with Gasteiger partial charge in [0.05, 0.1) is 17.8 Å². The fourth-order valence-corrected chi connectivity index (χ4v) is 4.15. The van der Waals surface area contributed by atoms with Crippen LogP contribution in [0.15, 0.2) is 42.5 Å². The maximum absolute atomic E-state index is 12.9. The highest BCUT2D eigenvalue weighted by atomic mass is 19.4. The highest BCUT2D eigenvalue weighted by Crippen LogP contribution is 2.49. The van der Waals surface area contributed by atoms with E-state index in [-0.39, 0.29) is 5.78 Å². The topological polar surface area (TPSA) is 58.6 Å². The number of ketones is 1. The van der Waals surface area contributed by atoms with Gasteiger partial charge < -0.3 is 15.0 Å². The quantitative estimate of drug-likeness (QED) is 0.755. The fourth-order valence-electron chi connectivity index (χ4n) is 4.15. The Balaban J connectivity index is 1.86. The number of carbonyl (C=O) groups excluding carboxylic acids is 2. The van der Waals surface area contributed by atoms with Crippen molar-refractivity contribution in [2.45, 2.75) is 38.0 Å². The van der Waals surface area contributed by atoms with E-state index in [4.69, 9.17) is 4.74 Å². The van der Waals surface area contributed by atoms with Gasteiger partial charge in [-0.3, -0.25) is 9.59 Å². The number of amides is 1. The number of rotatable bonds is 2. The highest BCUT2D eigenvalue weighted by molar-refractivity contribution is 6.01. The second kappa shape index (κ2) is 7.09. The van der Waals surface area contributed by atoms with Gasteiger partial charge in [0.1, 0.15) is 5.75 Å². The molecule has 0 saturated carbocycles. The summed E-state index contributed by atoms with van der Waals surface area (Å²) in [6, 6.07) is 10.8. The molecule has 2 aliphatic heterocycles. The molecule has 5 nitrogen and oxygen atoms in total. The van der Waals surface area contributed by atoms with Crippen molar-refractivity contribution in [1.29, 1.82) is 0 Å². The van der Waals surface area contributed by atoms with Crippen molar-refractivity contribution in [3.05, 3.63) is 53.6 Å². The minimum atomic E-state index is -4.97. The molecule has 0 bridgehead atoms. The van der Waals surface area contributed by atoms with Crippen LogP contribution in [-0.2, 0) is 4.79 Å². The van der Waals surface area contributed by atoms with Gasteiger partial charge in [0.15, 0.2) is 11.5 Å². The molecule has 29 heavy (non-hydrogen) atoms. The van der Waals surface area contributed by atoms with Crippen LogP contribution in [0.3, 0.4) is 0 Å². The third-order valence-electron chi connectivity index (χ3n) is 5.33. The summed E-state index contributed by atoms with van der Waals surface area (Å²) in [5.41, 5.74) is 1.65. The number of ether oxygens (including phenoxy) is 1. The van der Waals surface area contributed by atoms with Crippen LogP contribution in [-0.4, -0.2) is 30.5 Å². The number of benzene rings is 2. The minimum Gasteiger partial charge on any atom is -0.455 e. The molecule has 152 valence electrons. The van der Waals surface area contributed by atoms with Crippen molar-refractivity contribution >= 4 is 17.4 Å². The molecule has 1 amide bonds. The highest BCUT2D eigenvalue weighted by Gasteiger charge is 2.44. The summed E-state index contributed by atoms with van der Waals surface area (Å²) in [6.45, 7) is 1.97. The van der Waals surface area contributed by atoms with E-state index in [1.54, 1.807) is 42.5 Å². The molecule has 0 aromatic heterocycles. The molecule has 1 N–H and O–H groups in total. The molecule has 1 saturated heterocycles. The second-order valence-electron chi connectivity index (χ2n) is 7.21. The average Bonchev–Trinajstić information content (AvgIpc) is 2.82. The average molecular weight is 404 g/mol. The molecule has 0 spiro atoms. The standard InChI is InChI=1S/C21H19F3N2O3/c1-12(27)13-7-4-10-17-19(13)26-11-5-8-15(25-20(28)21(22,23)24)18(26)14-6-2-3-9-16(14)29-17/h2-4,6-7,9-10,15,18H,5,8,11H2,1H3,(H,25,28). The van der Waals surface area contributed by atoms with Crippen LogP contribution in [0.25, 0.3) is 0 Å². The van der Waals surface area contributed by atoms with Crippen molar-refractivity contribution in [2.75, 3.05) is 11.4 Å². The normalized spacial score (nSPS) is 20.5. The summed E-state index contributed by atoms with van der Waals surface area (Å²) < 4.78 is 44.8. The summed E-state index contributed by atoms with van der Waals surface area (Å²) in [6.07, 6.45) is -4.02. The Labute approximate surface area is 165 Å². The number of carbonyl (C=O) groups is 2. The molecular formula is C21H19F3N2O3. The third kappa shape index (κ3) is 3.43. The number of piperidine rings is 1. The van der Waals surface area contributed by atoms with Crippen molar-refractivity contribution in [3.63, 3.8) is 0 Å². The van der Waals surface area contributed by atoms with Crippen LogP contribution in [0, 0.1) is 0 Å². The molecular weight excluding hydrogens is 385 g/mol. The Morgan fingerprint density at radius 1 is 1.10 bits per heavy atom. The second-order valence-corrected chi connectivity index (χ2v) is 7.21. The first-order chi connectivity index (χ1) is 13.8. The van der Waals surface area contributed by atoms with E-state index in [2.05, 4.69) is 5.32 Å². The lowest BCUT2D eigenvalue weighted by Crippen LogP contribution is -2.53. The van der Waals surface area contributed by atoms with Crippen LogP contribution in [0.1, 0.15) is 41.7 Å². The van der Waals surface area contributed by atoms with Gasteiger partial charge in [-0.15, -0.1) is 0 Å². The predicted molar refractivity (Wildman–Crippen MR) is 100 cm³/mol. The largest absolute Gasteiger partial charge is 0.471 e. The van der Waals surface area contributed by atoms with E-state index >= 15 is 0 Å². The SMILES string of the molecule is CC(=O)c1cccc2c1N1CCCC(NC(=O)C(F)(F)F)C1c1ccccc1O2. The Hall–Kier alpha value is -3.03. The smallest absolute Gasteiger partial charge is 0.455 e. The number of nitrogens with one attached hydrogen (secondary N) is 1. The zero-order valence-corrected chi connectivity index (χ0v) is 15.6. The molecule has 0 radical (unpaired) electrons. The number of para-hydroxylation sites is 2. The number of halogens is 3. The van der Waals surface area contributed by atoms with Gasteiger partial charge >= 0.3 is 12.1 Å². The number of Topliss-reactive ketones (excluding diaryl/α,β-unsaturated/α-hetero) is 1. The lowest BCUT2D eigenvalue weighted by molar-refractivity contribution is -0.174. The Morgan fingerprint density at radius 3 is 2.55 bits per heavy atom. The van der Waals surface area contributed by atoms with Crippen molar-refractivity contribution in [1.82, 2.24) is 5.32 Å². The van der Waals surface area contributed by atoms with Crippen LogP contribution in [0.4, 0.5) is 18.9 Å². The van der Waals surface area contributed by atoms with Crippen molar-refractivity contribution in [2.24, 2.45) is 0 Å². The Morgan fingerprint density at radius 2 is 1.83 bits per heavy atom. The molecule has 2 heterocycles. The van der Waals surface area contributed by atoms with E-state index in [9.17, 15) is 22.8 Å². The van der Waals surface area contributed by atoms with Gasteiger partial charge in [-0.1, -0.05) is 24.3 Å². The van der Waals surface area contributed by atoms with Crippen LogP contribution in [0.5, 0.6) is 11.5 Å². The van der Waals surface area contributed by atoms with Gasteiger partial charge in [0, 0.05) is 17.7 Å². The molecule has 2 aromatic rings. The Bertz CT molecular complexity index is 974. The third-order valence-corrected chi connectivity index (χ3v) is 5.33. The molecule has 4 rings (SSSR count). The number of hydrogen-bond acceptors (Lipinski definition) is 4. The number of alkyl halides is 3. The summed E-state index contributed by atoms with van der Waals surface area (Å²) in [5.74, 6) is -1.17. The minimum absolute atomic E-state index is 0.170. The van der Waals surface area contributed by atoms with Crippen molar-refractivity contribution < 1.29 is 27.5 Å². The van der Waals surface area contributed by atoms with E-state index in [0.29, 0.717) is 47.7 Å². The van der Waals surface area contributed by atoms with Gasteiger partial charge in [-0.05, 0) is 38.0 Å². The van der Waals surface area contributed by atoms with Gasteiger partial charge in [0.25, 0.3) is 0 Å². The lowest BCUT2D eigenvalue weighted by atomic mass is 9.88.